The predicted molar refractivity (Wildman–Crippen MR) is 81.8 cm³/mol. The van der Waals surface area contributed by atoms with Crippen molar-refractivity contribution in [2.45, 2.75) is 38.6 Å². The van der Waals surface area contributed by atoms with E-state index in [-0.39, 0.29) is 5.92 Å². The first-order valence-corrected chi connectivity index (χ1v) is 8.34. The van der Waals surface area contributed by atoms with E-state index >= 15 is 0 Å². The molecule has 0 bridgehead atoms. The third-order valence-electron chi connectivity index (χ3n) is 4.81. The van der Waals surface area contributed by atoms with Crippen molar-refractivity contribution in [3.8, 4) is 0 Å². The van der Waals surface area contributed by atoms with E-state index in [4.69, 9.17) is 0 Å². The van der Waals surface area contributed by atoms with Crippen molar-refractivity contribution in [1.29, 1.82) is 0 Å². The lowest BCUT2D eigenvalue weighted by molar-refractivity contribution is -0.921. The van der Waals surface area contributed by atoms with E-state index in [0.29, 0.717) is 5.91 Å². The van der Waals surface area contributed by atoms with Crippen LogP contribution in [0.3, 0.4) is 0 Å². The maximum Gasteiger partial charge on any atom is 0.231 e. The smallest absolute Gasteiger partial charge is 0.231 e. The zero-order valence-corrected chi connectivity index (χ0v) is 12.8. The van der Waals surface area contributed by atoms with E-state index < -0.39 is 0 Å². The molecule has 1 N–H and O–H groups in total. The Kier molecular flexibility index (Phi) is 4.86. The van der Waals surface area contributed by atoms with Crippen LogP contribution in [0.1, 0.15) is 37.7 Å². The van der Waals surface area contributed by atoms with Crippen LogP contribution < -0.4 is 4.90 Å². The molecule has 2 saturated heterocycles. The molecular weight excluding hydrogens is 262 g/mol. The highest BCUT2D eigenvalue weighted by atomic mass is 16.2. The van der Waals surface area contributed by atoms with Gasteiger partial charge in [0.25, 0.3) is 0 Å². The number of carbonyl (C=O) groups is 1. The second-order valence-electron chi connectivity index (χ2n) is 6.47. The predicted octanol–water partition coefficient (Wildman–Crippen LogP) is 0.889. The molecule has 2 aliphatic rings. The summed E-state index contributed by atoms with van der Waals surface area (Å²) in [5.41, 5.74) is 1.28. The van der Waals surface area contributed by atoms with E-state index in [1.807, 2.05) is 18.5 Å². The molecule has 1 aromatic rings. The molecule has 3 heterocycles. The van der Waals surface area contributed by atoms with Gasteiger partial charge in [0, 0.05) is 31.0 Å². The van der Waals surface area contributed by atoms with Crippen molar-refractivity contribution in [3.05, 3.63) is 30.1 Å². The van der Waals surface area contributed by atoms with Crippen LogP contribution in [0.2, 0.25) is 0 Å². The van der Waals surface area contributed by atoms with Crippen LogP contribution in [0.15, 0.2) is 24.5 Å². The Hall–Kier alpha value is -1.42. The quantitative estimate of drug-likeness (QED) is 0.897. The lowest BCUT2D eigenvalue weighted by Crippen LogP contribution is -3.12. The van der Waals surface area contributed by atoms with Gasteiger partial charge in [-0.15, -0.1) is 0 Å². The molecule has 114 valence electrons. The van der Waals surface area contributed by atoms with E-state index in [9.17, 15) is 4.79 Å². The molecule has 1 amide bonds. The molecule has 0 aromatic carbocycles. The number of hydrogen-bond acceptors (Lipinski definition) is 2. The minimum atomic E-state index is 0.239. The van der Waals surface area contributed by atoms with Gasteiger partial charge in [0.05, 0.1) is 19.0 Å². The van der Waals surface area contributed by atoms with Gasteiger partial charge in [-0.05, 0) is 38.2 Å². The van der Waals surface area contributed by atoms with Crippen LogP contribution in [-0.2, 0) is 11.3 Å². The molecule has 1 unspecified atom stereocenters. The van der Waals surface area contributed by atoms with Crippen LogP contribution in [-0.4, -0.2) is 42.0 Å². The van der Waals surface area contributed by atoms with Gasteiger partial charge in [-0.25, -0.2) is 0 Å². The number of carbonyl (C=O) groups excluding carboxylic acids is 1. The Bertz CT molecular complexity index is 456. The fourth-order valence-electron chi connectivity index (χ4n) is 3.69. The molecule has 4 heteroatoms. The number of likely N-dealkylation sites (tertiary alicyclic amines) is 2. The molecule has 0 spiro atoms. The normalized spacial score (nSPS) is 26.6. The van der Waals surface area contributed by atoms with Gasteiger partial charge in [-0.1, -0.05) is 6.07 Å². The van der Waals surface area contributed by atoms with Gasteiger partial charge in [-0.2, -0.15) is 0 Å². The average molecular weight is 288 g/mol. The Morgan fingerprint density at radius 3 is 2.90 bits per heavy atom. The van der Waals surface area contributed by atoms with Gasteiger partial charge < -0.3 is 9.80 Å². The molecule has 3 rings (SSSR count). The summed E-state index contributed by atoms with van der Waals surface area (Å²) in [5.74, 6) is 0.654. The molecule has 2 aliphatic heterocycles. The SMILES string of the molecule is O=C([C@H]1CCC[NH+](Cc2cccnc2)C1)N1CCCCC1. The fraction of sp³-hybridized carbons (Fsp3) is 0.647. The maximum absolute atomic E-state index is 12.7. The van der Waals surface area contributed by atoms with Crippen molar-refractivity contribution in [2.24, 2.45) is 5.92 Å². The molecule has 1 aromatic heterocycles. The van der Waals surface area contributed by atoms with E-state index in [2.05, 4.69) is 16.0 Å². The standard InChI is InChI=1S/C17H25N3O/c21-17(20-10-2-1-3-11-20)16-7-5-9-19(14-16)13-15-6-4-8-18-12-15/h4,6,8,12,16H,1-3,5,7,9-11,13-14H2/p+1/t16-/m0/s1. The van der Waals surface area contributed by atoms with Crippen LogP contribution >= 0.6 is 0 Å². The molecule has 0 saturated carbocycles. The number of nitrogens with zero attached hydrogens (tertiary/aromatic N) is 2. The van der Waals surface area contributed by atoms with Crippen LogP contribution in [0, 0.1) is 5.92 Å². The molecule has 21 heavy (non-hydrogen) atoms. The van der Waals surface area contributed by atoms with Crippen molar-refractivity contribution in [2.75, 3.05) is 26.2 Å². The summed E-state index contributed by atoms with van der Waals surface area (Å²) in [4.78, 5) is 20.5. The number of quaternary nitrogens is 1. The Balaban J connectivity index is 1.56. The maximum atomic E-state index is 12.7. The molecular formula is C17H26N3O+. The highest BCUT2D eigenvalue weighted by Gasteiger charge is 2.32. The second-order valence-corrected chi connectivity index (χ2v) is 6.47. The van der Waals surface area contributed by atoms with Gasteiger partial charge in [-0.3, -0.25) is 9.78 Å². The van der Waals surface area contributed by atoms with Crippen LogP contribution in [0.4, 0.5) is 0 Å². The number of aromatic nitrogens is 1. The van der Waals surface area contributed by atoms with Crippen molar-refractivity contribution in [1.82, 2.24) is 9.88 Å². The molecule has 4 nitrogen and oxygen atoms in total. The molecule has 0 aliphatic carbocycles. The van der Waals surface area contributed by atoms with E-state index in [1.54, 1.807) is 0 Å². The van der Waals surface area contributed by atoms with Crippen LogP contribution in [0.25, 0.3) is 0 Å². The van der Waals surface area contributed by atoms with E-state index in [1.165, 1.54) is 42.7 Å². The summed E-state index contributed by atoms with van der Waals surface area (Å²) in [5, 5.41) is 0. The topological polar surface area (TPSA) is 37.6 Å². The average Bonchev–Trinajstić information content (AvgIpc) is 2.56. The number of hydrogen-bond donors (Lipinski definition) is 1. The summed E-state index contributed by atoms with van der Waals surface area (Å²) in [6.45, 7) is 5.13. The number of piperidine rings is 2. The van der Waals surface area contributed by atoms with Crippen LogP contribution in [0.5, 0.6) is 0 Å². The summed E-state index contributed by atoms with van der Waals surface area (Å²) < 4.78 is 0. The van der Waals surface area contributed by atoms with Gasteiger partial charge >= 0.3 is 0 Å². The lowest BCUT2D eigenvalue weighted by Gasteiger charge is -2.34. The Labute approximate surface area is 127 Å². The zero-order chi connectivity index (χ0) is 14.5. The number of pyridine rings is 1. The Morgan fingerprint density at radius 1 is 1.29 bits per heavy atom. The third kappa shape index (κ3) is 3.82. The number of nitrogens with one attached hydrogen (secondary N) is 1. The largest absolute Gasteiger partial charge is 0.342 e. The molecule has 2 fully saturated rings. The van der Waals surface area contributed by atoms with Gasteiger partial charge in [0.2, 0.25) is 5.91 Å². The summed E-state index contributed by atoms with van der Waals surface area (Å²) >= 11 is 0. The van der Waals surface area contributed by atoms with Gasteiger partial charge in [0.1, 0.15) is 6.54 Å². The highest BCUT2D eigenvalue weighted by molar-refractivity contribution is 5.79. The summed E-state index contributed by atoms with van der Waals surface area (Å²) in [7, 11) is 0. The minimum Gasteiger partial charge on any atom is -0.342 e. The zero-order valence-electron chi connectivity index (χ0n) is 12.8. The van der Waals surface area contributed by atoms with Crippen molar-refractivity contribution < 1.29 is 9.69 Å². The molecule has 2 atom stereocenters. The number of rotatable bonds is 3. The minimum absolute atomic E-state index is 0.239. The van der Waals surface area contributed by atoms with Crippen molar-refractivity contribution >= 4 is 5.91 Å². The Morgan fingerprint density at radius 2 is 2.14 bits per heavy atom. The second kappa shape index (κ2) is 7.03. The monoisotopic (exact) mass is 288 g/mol. The highest BCUT2D eigenvalue weighted by Crippen LogP contribution is 2.16. The number of amides is 1. The first kappa shape index (κ1) is 14.5. The molecule has 0 radical (unpaired) electrons. The lowest BCUT2D eigenvalue weighted by atomic mass is 9.95. The van der Waals surface area contributed by atoms with Crippen molar-refractivity contribution in [3.63, 3.8) is 0 Å². The summed E-state index contributed by atoms with van der Waals surface area (Å²) in [6.07, 6.45) is 9.66. The first-order chi connectivity index (χ1) is 10.3. The van der Waals surface area contributed by atoms with E-state index in [0.717, 1.165) is 32.6 Å². The third-order valence-corrected chi connectivity index (χ3v) is 4.81. The summed E-state index contributed by atoms with van der Waals surface area (Å²) in [6, 6.07) is 4.13. The first-order valence-electron chi connectivity index (χ1n) is 8.34. The van der Waals surface area contributed by atoms with Gasteiger partial charge in [0.15, 0.2) is 0 Å². The fourth-order valence-corrected chi connectivity index (χ4v) is 3.69.